The molecule has 0 unspecified atom stereocenters. The van der Waals surface area contributed by atoms with Crippen molar-refractivity contribution in [3.63, 3.8) is 0 Å². The number of anilines is 1. The van der Waals surface area contributed by atoms with Crippen LogP contribution in [0.5, 0.6) is 0 Å². The highest BCUT2D eigenvalue weighted by molar-refractivity contribution is 9.10. The molecule has 1 aromatic carbocycles. The Labute approximate surface area is 119 Å². The summed E-state index contributed by atoms with van der Waals surface area (Å²) >= 11 is 3.33. The van der Waals surface area contributed by atoms with E-state index in [2.05, 4.69) is 26.6 Å². The number of carboxylic acid groups (broad SMARTS) is 1. The van der Waals surface area contributed by atoms with E-state index in [0.717, 1.165) is 10.9 Å². The average molecular weight is 327 g/mol. The number of benzene rings is 1. The number of halogens is 1. The minimum atomic E-state index is -0.833. The Kier molecular flexibility index (Phi) is 4.09. The number of amides is 2. The van der Waals surface area contributed by atoms with Crippen LogP contribution < -0.4 is 10.6 Å². The van der Waals surface area contributed by atoms with Crippen LogP contribution in [0.3, 0.4) is 0 Å². The van der Waals surface area contributed by atoms with E-state index < -0.39 is 11.4 Å². The molecule has 0 atom stereocenters. The molecule has 1 aliphatic carbocycles. The molecule has 1 saturated carbocycles. The van der Waals surface area contributed by atoms with Crippen LogP contribution in [0.2, 0.25) is 0 Å². The number of aliphatic carboxylic acids is 1. The predicted octanol–water partition coefficient (Wildman–Crippen LogP) is 2.83. The van der Waals surface area contributed by atoms with Gasteiger partial charge in [0.15, 0.2) is 0 Å². The summed E-state index contributed by atoms with van der Waals surface area (Å²) in [7, 11) is 0. The van der Waals surface area contributed by atoms with Crippen molar-refractivity contribution in [3.8, 4) is 0 Å². The van der Waals surface area contributed by atoms with Crippen molar-refractivity contribution in [1.82, 2.24) is 5.32 Å². The maximum atomic E-state index is 11.7. The van der Waals surface area contributed by atoms with Crippen molar-refractivity contribution >= 4 is 33.6 Å². The van der Waals surface area contributed by atoms with E-state index in [1.165, 1.54) is 0 Å². The Hall–Kier alpha value is -1.56. The third kappa shape index (κ3) is 3.07. The minimum absolute atomic E-state index is 0.165. The summed E-state index contributed by atoms with van der Waals surface area (Å²) in [4.78, 5) is 22.9. The maximum Gasteiger partial charge on any atom is 0.319 e. The van der Waals surface area contributed by atoms with Crippen molar-refractivity contribution in [2.24, 2.45) is 5.41 Å². The summed E-state index contributed by atoms with van der Waals surface area (Å²) in [6.07, 6.45) is 2.15. The van der Waals surface area contributed by atoms with E-state index in [4.69, 9.17) is 5.11 Å². The van der Waals surface area contributed by atoms with Crippen LogP contribution >= 0.6 is 15.9 Å². The van der Waals surface area contributed by atoms with Crippen LogP contribution in [0.4, 0.5) is 10.5 Å². The molecule has 19 heavy (non-hydrogen) atoms. The maximum absolute atomic E-state index is 11.7. The average Bonchev–Trinajstić information content (AvgIpc) is 2.30. The second kappa shape index (κ2) is 5.61. The van der Waals surface area contributed by atoms with Crippen LogP contribution in [0.1, 0.15) is 19.3 Å². The number of carboxylic acids is 1. The Balaban J connectivity index is 1.89. The fourth-order valence-corrected chi connectivity index (χ4v) is 2.43. The lowest BCUT2D eigenvalue weighted by Gasteiger charge is -2.37. The SMILES string of the molecule is O=C(NCC1(C(=O)O)CCC1)Nc1ccccc1Br. The van der Waals surface area contributed by atoms with Gasteiger partial charge in [-0.3, -0.25) is 4.79 Å². The van der Waals surface area contributed by atoms with Crippen LogP contribution in [-0.2, 0) is 4.79 Å². The highest BCUT2D eigenvalue weighted by atomic mass is 79.9. The van der Waals surface area contributed by atoms with E-state index in [0.29, 0.717) is 18.5 Å². The van der Waals surface area contributed by atoms with E-state index >= 15 is 0 Å². The highest BCUT2D eigenvalue weighted by Gasteiger charge is 2.44. The minimum Gasteiger partial charge on any atom is -0.481 e. The van der Waals surface area contributed by atoms with Gasteiger partial charge >= 0.3 is 12.0 Å². The second-order valence-corrected chi connectivity index (χ2v) is 5.58. The third-order valence-electron chi connectivity index (χ3n) is 3.47. The molecule has 0 radical (unpaired) electrons. The number of rotatable bonds is 4. The van der Waals surface area contributed by atoms with Crippen molar-refractivity contribution in [1.29, 1.82) is 0 Å². The van der Waals surface area contributed by atoms with E-state index in [9.17, 15) is 9.59 Å². The topological polar surface area (TPSA) is 78.4 Å². The lowest BCUT2D eigenvalue weighted by Crippen LogP contribution is -2.48. The van der Waals surface area contributed by atoms with Gasteiger partial charge < -0.3 is 15.7 Å². The molecule has 6 heteroatoms. The molecule has 102 valence electrons. The summed E-state index contributed by atoms with van der Waals surface area (Å²) in [6.45, 7) is 0.165. The summed E-state index contributed by atoms with van der Waals surface area (Å²) in [5, 5.41) is 14.5. The van der Waals surface area contributed by atoms with E-state index in [1.807, 2.05) is 18.2 Å². The van der Waals surface area contributed by atoms with Gasteiger partial charge in [-0.15, -0.1) is 0 Å². The fourth-order valence-electron chi connectivity index (χ4n) is 2.05. The zero-order valence-electron chi connectivity index (χ0n) is 10.3. The first-order chi connectivity index (χ1) is 9.03. The first-order valence-electron chi connectivity index (χ1n) is 6.06. The number of para-hydroxylation sites is 1. The third-order valence-corrected chi connectivity index (χ3v) is 4.17. The van der Waals surface area contributed by atoms with E-state index in [1.54, 1.807) is 6.07 Å². The number of nitrogens with one attached hydrogen (secondary N) is 2. The Morgan fingerprint density at radius 2 is 2.00 bits per heavy atom. The van der Waals surface area contributed by atoms with Crippen molar-refractivity contribution in [2.75, 3.05) is 11.9 Å². The van der Waals surface area contributed by atoms with Gasteiger partial charge in [0.25, 0.3) is 0 Å². The molecular weight excluding hydrogens is 312 g/mol. The van der Waals surface area contributed by atoms with Crippen LogP contribution in [-0.4, -0.2) is 23.7 Å². The monoisotopic (exact) mass is 326 g/mol. The Bertz CT molecular complexity index is 500. The molecular formula is C13H15BrN2O3. The molecule has 1 fully saturated rings. The molecule has 0 saturated heterocycles. The van der Waals surface area contributed by atoms with Gasteiger partial charge in [0.2, 0.25) is 0 Å². The fraction of sp³-hybridized carbons (Fsp3) is 0.385. The standard InChI is InChI=1S/C13H15BrN2O3/c14-9-4-1-2-5-10(9)16-12(19)15-8-13(11(17)18)6-3-7-13/h1-2,4-5H,3,6-8H2,(H,17,18)(H2,15,16,19). The van der Waals surface area contributed by atoms with Gasteiger partial charge in [0.1, 0.15) is 0 Å². The van der Waals surface area contributed by atoms with Crippen molar-refractivity contribution in [2.45, 2.75) is 19.3 Å². The van der Waals surface area contributed by atoms with Gasteiger partial charge in [-0.25, -0.2) is 4.79 Å². The van der Waals surface area contributed by atoms with Gasteiger partial charge in [0.05, 0.1) is 11.1 Å². The molecule has 1 aromatic rings. The number of carbonyl (C=O) groups is 2. The first-order valence-corrected chi connectivity index (χ1v) is 6.86. The molecule has 0 aromatic heterocycles. The summed E-state index contributed by atoms with van der Waals surface area (Å²) in [5.74, 6) is -0.833. The molecule has 0 aliphatic heterocycles. The number of hydrogen-bond donors (Lipinski definition) is 3. The van der Waals surface area contributed by atoms with Crippen molar-refractivity contribution < 1.29 is 14.7 Å². The van der Waals surface area contributed by atoms with Gasteiger partial charge in [-0.1, -0.05) is 18.6 Å². The molecule has 2 rings (SSSR count). The van der Waals surface area contributed by atoms with Gasteiger partial charge in [0, 0.05) is 11.0 Å². The zero-order chi connectivity index (χ0) is 13.9. The first kappa shape index (κ1) is 13.9. The molecule has 0 bridgehead atoms. The normalized spacial score (nSPS) is 16.3. The summed E-state index contributed by atoms with van der Waals surface area (Å²) in [6, 6.07) is 6.85. The molecule has 1 aliphatic rings. The van der Waals surface area contributed by atoms with Crippen LogP contribution in [0.25, 0.3) is 0 Å². The quantitative estimate of drug-likeness (QED) is 0.796. The lowest BCUT2D eigenvalue weighted by atomic mass is 9.69. The Morgan fingerprint density at radius 1 is 1.32 bits per heavy atom. The smallest absolute Gasteiger partial charge is 0.319 e. The molecule has 0 heterocycles. The number of urea groups is 1. The highest BCUT2D eigenvalue weighted by Crippen LogP contribution is 2.40. The predicted molar refractivity (Wildman–Crippen MR) is 75.1 cm³/mol. The lowest BCUT2D eigenvalue weighted by molar-refractivity contribution is -0.153. The molecule has 0 spiro atoms. The van der Waals surface area contributed by atoms with Crippen LogP contribution in [0, 0.1) is 5.41 Å². The van der Waals surface area contributed by atoms with Gasteiger partial charge in [-0.2, -0.15) is 0 Å². The molecule has 3 N–H and O–H groups in total. The summed E-state index contributed by atoms with van der Waals surface area (Å²) in [5.41, 5.74) is -0.122. The molecule has 5 nitrogen and oxygen atoms in total. The second-order valence-electron chi connectivity index (χ2n) is 4.73. The summed E-state index contributed by atoms with van der Waals surface area (Å²) < 4.78 is 0.779. The van der Waals surface area contributed by atoms with Gasteiger partial charge in [-0.05, 0) is 40.9 Å². The largest absolute Gasteiger partial charge is 0.481 e. The zero-order valence-corrected chi connectivity index (χ0v) is 11.9. The Morgan fingerprint density at radius 3 is 2.53 bits per heavy atom. The number of hydrogen-bond acceptors (Lipinski definition) is 2. The number of carbonyl (C=O) groups excluding carboxylic acids is 1. The van der Waals surface area contributed by atoms with Crippen molar-refractivity contribution in [3.05, 3.63) is 28.7 Å². The van der Waals surface area contributed by atoms with Crippen LogP contribution in [0.15, 0.2) is 28.7 Å². The van der Waals surface area contributed by atoms with E-state index in [-0.39, 0.29) is 12.6 Å². The molecule has 2 amide bonds.